The molecule has 1 aliphatic carbocycles. The number of hydrogen-bond donors (Lipinski definition) is 4. The summed E-state index contributed by atoms with van der Waals surface area (Å²) in [6.07, 6.45) is 2.02. The Hall–Kier alpha value is -0.0451. The summed E-state index contributed by atoms with van der Waals surface area (Å²) in [7, 11) is 2.47. The van der Waals surface area contributed by atoms with Crippen LogP contribution in [0.5, 0.6) is 0 Å². The summed E-state index contributed by atoms with van der Waals surface area (Å²) in [5, 5.41) is 27.0. The minimum Gasteiger partial charge on any atom is -0.480 e. The van der Waals surface area contributed by atoms with Gasteiger partial charge in [-0.3, -0.25) is 4.79 Å². The van der Waals surface area contributed by atoms with Crippen LogP contribution in [0.3, 0.4) is 0 Å². The molecule has 120 valence electrons. The third-order valence-corrected chi connectivity index (χ3v) is 3.79. The molecule has 0 aromatic carbocycles. The van der Waals surface area contributed by atoms with Crippen LogP contribution in [0.1, 0.15) is 19.3 Å². The van der Waals surface area contributed by atoms with Crippen molar-refractivity contribution in [1.82, 2.24) is 4.90 Å². The predicted octanol–water partition coefficient (Wildman–Crippen LogP) is 0.0628. The molecule has 0 spiro atoms. The van der Waals surface area contributed by atoms with E-state index in [1.165, 1.54) is 0 Å². The van der Waals surface area contributed by atoms with E-state index in [0.717, 1.165) is 6.42 Å². The highest BCUT2D eigenvalue weighted by Gasteiger charge is 2.49. The van der Waals surface area contributed by atoms with Crippen molar-refractivity contribution in [3.05, 3.63) is 0 Å². The van der Waals surface area contributed by atoms with Gasteiger partial charge in [-0.2, -0.15) is 0 Å². The maximum absolute atomic E-state index is 11.4. The fraction of sp³-hybridized carbons (Fsp3) is 0.909. The number of nitrogens with zero attached hydrogens (tertiary/aromatic N) is 1. The molecule has 1 rings (SSSR count). The third kappa shape index (κ3) is 5.75. The lowest BCUT2D eigenvalue weighted by Gasteiger charge is -2.28. The molecule has 0 saturated heterocycles. The van der Waals surface area contributed by atoms with Gasteiger partial charge in [0.25, 0.3) is 0 Å². The molecule has 9 heteroatoms. The molecule has 20 heavy (non-hydrogen) atoms. The molecule has 0 radical (unpaired) electrons. The van der Waals surface area contributed by atoms with Crippen LogP contribution in [0, 0.1) is 11.8 Å². The minimum absolute atomic E-state index is 0. The van der Waals surface area contributed by atoms with Gasteiger partial charge in [0.05, 0.1) is 0 Å². The Bertz CT molecular complexity index is 310. The molecule has 1 aliphatic rings. The molecule has 0 bridgehead atoms. The Morgan fingerprint density at radius 3 is 2.35 bits per heavy atom. The number of rotatable bonds is 6. The molecule has 0 aromatic heterocycles. The van der Waals surface area contributed by atoms with Crippen molar-refractivity contribution in [2.75, 3.05) is 20.6 Å². The number of carbonyl (C=O) groups is 1. The van der Waals surface area contributed by atoms with Crippen molar-refractivity contribution in [3.8, 4) is 0 Å². The molecule has 0 heterocycles. The van der Waals surface area contributed by atoms with Gasteiger partial charge in [-0.1, -0.05) is 6.42 Å². The van der Waals surface area contributed by atoms with Gasteiger partial charge in [-0.25, -0.2) is 0 Å². The molecule has 0 amide bonds. The van der Waals surface area contributed by atoms with Gasteiger partial charge in [0, 0.05) is 12.5 Å². The summed E-state index contributed by atoms with van der Waals surface area (Å²) < 4.78 is 0. The molecule has 0 aliphatic heterocycles. The van der Waals surface area contributed by atoms with Crippen molar-refractivity contribution in [2.45, 2.75) is 31.1 Å². The van der Waals surface area contributed by atoms with E-state index in [4.69, 9.17) is 15.8 Å². The first-order valence-electron chi connectivity index (χ1n) is 6.29. The zero-order valence-electron chi connectivity index (χ0n) is 11.9. The highest BCUT2D eigenvalue weighted by atomic mass is 35.5. The molecule has 1 saturated carbocycles. The summed E-state index contributed by atoms with van der Waals surface area (Å²) in [4.78, 5) is 13.3. The van der Waals surface area contributed by atoms with Crippen molar-refractivity contribution >= 4 is 37.9 Å². The van der Waals surface area contributed by atoms with Crippen LogP contribution in [0.15, 0.2) is 0 Å². The van der Waals surface area contributed by atoms with Gasteiger partial charge >= 0.3 is 13.1 Å². The van der Waals surface area contributed by atoms with E-state index in [1.54, 1.807) is 0 Å². The van der Waals surface area contributed by atoms with Gasteiger partial charge in [0.15, 0.2) is 0 Å². The fourth-order valence-electron chi connectivity index (χ4n) is 2.89. The van der Waals surface area contributed by atoms with Crippen LogP contribution in [0.25, 0.3) is 0 Å². The predicted molar refractivity (Wildman–Crippen MR) is 83.4 cm³/mol. The zero-order chi connectivity index (χ0) is 13.9. The molecule has 3 atom stereocenters. The number of carboxylic acids is 1. The van der Waals surface area contributed by atoms with Gasteiger partial charge in [0.1, 0.15) is 5.54 Å². The van der Waals surface area contributed by atoms with Crippen molar-refractivity contribution in [1.29, 1.82) is 0 Å². The van der Waals surface area contributed by atoms with Crippen LogP contribution in [0.4, 0.5) is 0 Å². The second-order valence-electron chi connectivity index (χ2n) is 5.67. The summed E-state index contributed by atoms with van der Waals surface area (Å²) in [6, 6.07) is 0. The Morgan fingerprint density at radius 2 is 1.95 bits per heavy atom. The van der Waals surface area contributed by atoms with Crippen LogP contribution >= 0.6 is 24.8 Å². The third-order valence-electron chi connectivity index (χ3n) is 3.79. The molecular formula is C11H25BCl2N2O4. The summed E-state index contributed by atoms with van der Waals surface area (Å²) in [5.41, 5.74) is 4.85. The van der Waals surface area contributed by atoms with Crippen molar-refractivity contribution < 1.29 is 19.9 Å². The van der Waals surface area contributed by atoms with Crippen LogP contribution in [0.2, 0.25) is 6.32 Å². The first-order chi connectivity index (χ1) is 8.25. The SMILES string of the molecule is CN(C)CC1CC(CCB(O)O)CC1(N)C(=O)O.Cl.Cl. The largest absolute Gasteiger partial charge is 0.480 e. The van der Waals surface area contributed by atoms with Gasteiger partial charge in [0.2, 0.25) is 0 Å². The van der Waals surface area contributed by atoms with E-state index in [1.807, 2.05) is 19.0 Å². The fourth-order valence-corrected chi connectivity index (χ4v) is 2.89. The van der Waals surface area contributed by atoms with E-state index < -0.39 is 18.6 Å². The lowest BCUT2D eigenvalue weighted by molar-refractivity contribution is -0.145. The zero-order valence-corrected chi connectivity index (χ0v) is 13.5. The average molecular weight is 331 g/mol. The summed E-state index contributed by atoms with van der Waals surface area (Å²) in [6.45, 7) is 0.640. The smallest absolute Gasteiger partial charge is 0.451 e. The minimum atomic E-state index is -1.32. The van der Waals surface area contributed by atoms with Crippen LogP contribution in [-0.2, 0) is 4.79 Å². The lowest BCUT2D eigenvalue weighted by atomic mass is 9.80. The van der Waals surface area contributed by atoms with Crippen molar-refractivity contribution in [2.24, 2.45) is 17.6 Å². The topological polar surface area (TPSA) is 107 Å². The highest BCUT2D eigenvalue weighted by molar-refractivity contribution is 6.40. The summed E-state index contributed by atoms with van der Waals surface area (Å²) in [5.74, 6) is -0.898. The Labute approximate surface area is 132 Å². The number of halogens is 2. The van der Waals surface area contributed by atoms with E-state index in [-0.39, 0.29) is 43.0 Å². The van der Waals surface area contributed by atoms with Gasteiger partial charge in [-0.05, 0) is 39.2 Å². The Kier molecular flexibility index (Phi) is 10.1. The molecule has 6 nitrogen and oxygen atoms in total. The molecule has 3 unspecified atom stereocenters. The number of aliphatic carboxylic acids is 1. The monoisotopic (exact) mass is 330 g/mol. The molecule has 5 N–H and O–H groups in total. The van der Waals surface area contributed by atoms with E-state index in [9.17, 15) is 9.90 Å². The quantitative estimate of drug-likeness (QED) is 0.513. The Morgan fingerprint density at radius 1 is 1.40 bits per heavy atom. The standard InChI is InChI=1S/C11H23BN2O4.2ClH/c1-14(2)7-9-5-8(3-4-12(17)18)6-11(9,13)10(15)16;;/h8-9,17-18H,3-7,13H2,1-2H3,(H,15,16);2*1H. The second kappa shape index (κ2) is 9.07. The molecule has 0 aromatic rings. The van der Waals surface area contributed by atoms with Crippen LogP contribution in [-0.4, -0.2) is 59.3 Å². The Balaban J connectivity index is 0. The highest BCUT2D eigenvalue weighted by Crippen LogP contribution is 2.41. The maximum atomic E-state index is 11.4. The maximum Gasteiger partial charge on any atom is 0.451 e. The normalized spacial score (nSPS) is 28.7. The van der Waals surface area contributed by atoms with E-state index in [0.29, 0.717) is 19.4 Å². The molecule has 1 fully saturated rings. The lowest BCUT2D eigenvalue weighted by Crippen LogP contribution is -2.53. The summed E-state index contributed by atoms with van der Waals surface area (Å²) >= 11 is 0. The van der Waals surface area contributed by atoms with Crippen molar-refractivity contribution in [3.63, 3.8) is 0 Å². The number of nitrogens with two attached hydrogens (primary N) is 1. The molecular weight excluding hydrogens is 306 g/mol. The van der Waals surface area contributed by atoms with Crippen LogP contribution < -0.4 is 5.73 Å². The second-order valence-corrected chi connectivity index (χ2v) is 5.67. The van der Waals surface area contributed by atoms with E-state index >= 15 is 0 Å². The first-order valence-corrected chi connectivity index (χ1v) is 6.29. The first kappa shape index (κ1) is 22.2. The van der Waals surface area contributed by atoms with E-state index in [2.05, 4.69) is 0 Å². The number of hydrogen-bond acceptors (Lipinski definition) is 5. The number of carboxylic acid groups (broad SMARTS) is 1. The van der Waals surface area contributed by atoms with Gasteiger partial charge in [-0.15, -0.1) is 24.8 Å². The van der Waals surface area contributed by atoms with Gasteiger partial charge < -0.3 is 25.8 Å². The average Bonchev–Trinajstić information content (AvgIpc) is 2.53.